The maximum atomic E-state index is 11.1. The first-order chi connectivity index (χ1) is 6.50. The third kappa shape index (κ3) is 3.79. The predicted molar refractivity (Wildman–Crippen MR) is 59.3 cm³/mol. The Bertz CT molecular complexity index is 196. The van der Waals surface area contributed by atoms with Gasteiger partial charge in [-0.15, -0.1) is 0 Å². The minimum Gasteiger partial charge on any atom is -0.300 e. The van der Waals surface area contributed by atoms with Crippen LogP contribution in [0.2, 0.25) is 0 Å². The molecular formula is C12H23NO. The first-order valence-corrected chi connectivity index (χ1v) is 5.76. The molecule has 2 heteroatoms. The Morgan fingerprint density at radius 3 is 2.29 bits per heavy atom. The van der Waals surface area contributed by atoms with E-state index in [1.807, 2.05) is 0 Å². The van der Waals surface area contributed by atoms with Crippen molar-refractivity contribution in [2.24, 2.45) is 5.92 Å². The fraction of sp³-hybridized carbons (Fsp3) is 0.917. The molecule has 0 spiro atoms. The summed E-state index contributed by atoms with van der Waals surface area (Å²) in [6.07, 6.45) is 3.47. The number of carbonyl (C=O) groups excluding carboxylic acids is 1. The molecule has 0 bridgehead atoms. The van der Waals surface area contributed by atoms with E-state index in [1.54, 1.807) is 6.92 Å². The van der Waals surface area contributed by atoms with E-state index in [9.17, 15) is 4.79 Å². The number of Topliss-reactive ketones (excluding diaryl/α,β-unsaturated/α-hetero) is 1. The standard InChI is InChI=1S/C12H23NO/c1-9(2)13(8-12-5-6-12)10(3)7-11(4)14/h9-10,12H,5-8H2,1-4H3. The van der Waals surface area contributed by atoms with Gasteiger partial charge in [0.1, 0.15) is 5.78 Å². The third-order valence-electron chi connectivity index (χ3n) is 2.98. The van der Waals surface area contributed by atoms with Crippen LogP contribution >= 0.6 is 0 Å². The zero-order chi connectivity index (χ0) is 10.7. The van der Waals surface area contributed by atoms with E-state index < -0.39 is 0 Å². The highest BCUT2D eigenvalue weighted by Gasteiger charge is 2.28. The van der Waals surface area contributed by atoms with E-state index >= 15 is 0 Å². The SMILES string of the molecule is CC(=O)CC(C)N(CC1CC1)C(C)C. The number of rotatable bonds is 6. The van der Waals surface area contributed by atoms with Gasteiger partial charge in [-0.2, -0.15) is 0 Å². The fourth-order valence-corrected chi connectivity index (χ4v) is 2.03. The van der Waals surface area contributed by atoms with Gasteiger partial charge in [0.2, 0.25) is 0 Å². The molecule has 1 aliphatic carbocycles. The van der Waals surface area contributed by atoms with E-state index in [0.29, 0.717) is 24.3 Å². The maximum absolute atomic E-state index is 11.1. The van der Waals surface area contributed by atoms with Crippen molar-refractivity contribution in [2.45, 2.75) is 59.0 Å². The monoisotopic (exact) mass is 197 g/mol. The van der Waals surface area contributed by atoms with E-state index in [0.717, 1.165) is 5.92 Å². The topological polar surface area (TPSA) is 20.3 Å². The average molecular weight is 197 g/mol. The lowest BCUT2D eigenvalue weighted by molar-refractivity contribution is -0.118. The minimum absolute atomic E-state index is 0.305. The van der Waals surface area contributed by atoms with Gasteiger partial charge in [-0.25, -0.2) is 0 Å². The lowest BCUT2D eigenvalue weighted by Crippen LogP contribution is -2.41. The van der Waals surface area contributed by atoms with Crippen molar-refractivity contribution in [1.82, 2.24) is 4.90 Å². The Hall–Kier alpha value is -0.370. The van der Waals surface area contributed by atoms with Crippen LogP contribution in [0.5, 0.6) is 0 Å². The quantitative estimate of drug-likeness (QED) is 0.652. The van der Waals surface area contributed by atoms with Crippen LogP contribution in [-0.2, 0) is 4.79 Å². The number of hydrogen-bond donors (Lipinski definition) is 0. The molecule has 1 saturated carbocycles. The van der Waals surface area contributed by atoms with Crippen molar-refractivity contribution in [2.75, 3.05) is 6.54 Å². The summed E-state index contributed by atoms with van der Waals surface area (Å²) in [5, 5.41) is 0. The molecular weight excluding hydrogens is 174 g/mol. The Balaban J connectivity index is 2.42. The summed E-state index contributed by atoms with van der Waals surface area (Å²) in [5.41, 5.74) is 0. The third-order valence-corrected chi connectivity index (χ3v) is 2.98. The van der Waals surface area contributed by atoms with Gasteiger partial charge in [-0.05, 0) is 46.5 Å². The molecule has 0 saturated heterocycles. The molecule has 1 aliphatic rings. The Morgan fingerprint density at radius 2 is 1.93 bits per heavy atom. The molecule has 0 N–H and O–H groups in total. The molecule has 1 unspecified atom stereocenters. The van der Waals surface area contributed by atoms with Gasteiger partial charge >= 0.3 is 0 Å². The second-order valence-corrected chi connectivity index (χ2v) is 4.99. The first kappa shape index (κ1) is 11.7. The van der Waals surface area contributed by atoms with Gasteiger partial charge < -0.3 is 0 Å². The summed E-state index contributed by atoms with van der Waals surface area (Å²) in [4.78, 5) is 13.5. The normalized spacial score (nSPS) is 19.0. The molecule has 82 valence electrons. The fourth-order valence-electron chi connectivity index (χ4n) is 2.03. The van der Waals surface area contributed by atoms with Crippen LogP contribution in [0, 0.1) is 5.92 Å². The highest BCUT2D eigenvalue weighted by atomic mass is 16.1. The molecule has 0 aromatic carbocycles. The maximum Gasteiger partial charge on any atom is 0.131 e. The van der Waals surface area contributed by atoms with Crippen LogP contribution in [0.15, 0.2) is 0 Å². The van der Waals surface area contributed by atoms with Gasteiger partial charge in [-0.1, -0.05) is 0 Å². The lowest BCUT2D eigenvalue weighted by Gasteiger charge is -2.32. The van der Waals surface area contributed by atoms with Crippen molar-refractivity contribution >= 4 is 5.78 Å². The van der Waals surface area contributed by atoms with Crippen molar-refractivity contribution in [3.05, 3.63) is 0 Å². The molecule has 0 heterocycles. The molecule has 1 atom stereocenters. The smallest absolute Gasteiger partial charge is 0.131 e. The van der Waals surface area contributed by atoms with Crippen molar-refractivity contribution in [3.63, 3.8) is 0 Å². The molecule has 0 aliphatic heterocycles. The zero-order valence-electron chi connectivity index (χ0n) is 9.92. The highest BCUT2D eigenvalue weighted by molar-refractivity contribution is 5.76. The van der Waals surface area contributed by atoms with Crippen molar-refractivity contribution in [1.29, 1.82) is 0 Å². The molecule has 0 amide bonds. The number of carbonyl (C=O) groups is 1. The second kappa shape index (κ2) is 4.92. The van der Waals surface area contributed by atoms with E-state index in [-0.39, 0.29) is 0 Å². The zero-order valence-corrected chi connectivity index (χ0v) is 9.92. The minimum atomic E-state index is 0.305. The Morgan fingerprint density at radius 1 is 1.36 bits per heavy atom. The van der Waals surface area contributed by atoms with Gasteiger partial charge in [0, 0.05) is 25.0 Å². The summed E-state index contributed by atoms with van der Waals surface area (Å²) in [5.74, 6) is 1.21. The molecule has 0 radical (unpaired) electrons. The van der Waals surface area contributed by atoms with Gasteiger partial charge in [0.15, 0.2) is 0 Å². The highest BCUT2D eigenvalue weighted by Crippen LogP contribution is 2.31. The molecule has 14 heavy (non-hydrogen) atoms. The van der Waals surface area contributed by atoms with Gasteiger partial charge in [-0.3, -0.25) is 9.69 Å². The lowest BCUT2D eigenvalue weighted by atomic mass is 10.1. The molecule has 2 nitrogen and oxygen atoms in total. The molecule has 1 rings (SSSR count). The largest absolute Gasteiger partial charge is 0.300 e. The number of hydrogen-bond acceptors (Lipinski definition) is 2. The summed E-state index contributed by atoms with van der Waals surface area (Å²) in [6, 6.07) is 0.970. The van der Waals surface area contributed by atoms with E-state index in [2.05, 4.69) is 25.7 Å². The molecule has 1 fully saturated rings. The number of nitrogens with zero attached hydrogens (tertiary/aromatic N) is 1. The summed E-state index contributed by atoms with van der Waals surface area (Å²) >= 11 is 0. The van der Waals surface area contributed by atoms with Crippen molar-refractivity contribution < 1.29 is 4.79 Å². The van der Waals surface area contributed by atoms with Gasteiger partial charge in [0.25, 0.3) is 0 Å². The van der Waals surface area contributed by atoms with Crippen LogP contribution in [0.3, 0.4) is 0 Å². The van der Waals surface area contributed by atoms with E-state index in [1.165, 1.54) is 19.4 Å². The van der Waals surface area contributed by atoms with Crippen LogP contribution in [0.25, 0.3) is 0 Å². The first-order valence-electron chi connectivity index (χ1n) is 5.76. The Labute approximate surface area is 87.7 Å². The van der Waals surface area contributed by atoms with Crippen molar-refractivity contribution in [3.8, 4) is 0 Å². The molecule has 0 aromatic rings. The van der Waals surface area contributed by atoms with Crippen LogP contribution in [0.1, 0.15) is 47.0 Å². The summed E-state index contributed by atoms with van der Waals surface area (Å²) < 4.78 is 0. The Kier molecular flexibility index (Phi) is 4.11. The van der Waals surface area contributed by atoms with E-state index in [4.69, 9.17) is 0 Å². The van der Waals surface area contributed by atoms with Crippen LogP contribution in [0.4, 0.5) is 0 Å². The number of ketones is 1. The molecule has 0 aromatic heterocycles. The summed E-state index contributed by atoms with van der Waals surface area (Å²) in [6.45, 7) is 9.49. The van der Waals surface area contributed by atoms with Crippen LogP contribution in [-0.4, -0.2) is 29.3 Å². The predicted octanol–water partition coefficient (Wildman–Crippen LogP) is 2.47. The van der Waals surface area contributed by atoms with Gasteiger partial charge in [0.05, 0.1) is 0 Å². The average Bonchev–Trinajstić information content (AvgIpc) is 2.80. The summed E-state index contributed by atoms with van der Waals surface area (Å²) in [7, 11) is 0. The van der Waals surface area contributed by atoms with Crippen LogP contribution < -0.4 is 0 Å². The second-order valence-electron chi connectivity index (χ2n) is 4.99.